The van der Waals surface area contributed by atoms with E-state index in [0.29, 0.717) is 11.5 Å². The summed E-state index contributed by atoms with van der Waals surface area (Å²) in [5.41, 5.74) is 8.03. The molecule has 0 radical (unpaired) electrons. The fourth-order valence-electron chi connectivity index (χ4n) is 3.49. The van der Waals surface area contributed by atoms with Crippen molar-refractivity contribution >= 4 is 17.7 Å². The van der Waals surface area contributed by atoms with E-state index in [1.165, 1.54) is 5.56 Å². The van der Waals surface area contributed by atoms with E-state index in [4.69, 9.17) is 10.8 Å². The van der Waals surface area contributed by atoms with Crippen molar-refractivity contribution in [3.8, 4) is 0 Å². The SMILES string of the molecule is CCO.C[C@@H]1C[C@H](c2ccccc2)n2nc(N)[n+](CC(=O)c3ccccc3)c2N1.[Br-]. The van der Waals surface area contributed by atoms with Gasteiger partial charge in [-0.1, -0.05) is 60.7 Å². The summed E-state index contributed by atoms with van der Waals surface area (Å²) in [6, 6.07) is 19.9. The zero-order valence-electron chi connectivity index (χ0n) is 17.2. The molecular weight excluding hydrogens is 446 g/mol. The number of ketones is 1. The van der Waals surface area contributed by atoms with Crippen molar-refractivity contribution in [3.05, 3.63) is 71.8 Å². The van der Waals surface area contributed by atoms with Crippen LogP contribution in [0.1, 0.15) is 42.2 Å². The number of aromatic nitrogens is 3. The molecule has 1 aliphatic heterocycles. The van der Waals surface area contributed by atoms with Crippen LogP contribution in [-0.2, 0) is 6.54 Å². The third-order valence-corrected chi connectivity index (χ3v) is 4.79. The Labute approximate surface area is 187 Å². The second-order valence-electron chi connectivity index (χ2n) is 7.03. The van der Waals surface area contributed by atoms with Crippen LogP contribution in [0.2, 0.25) is 0 Å². The number of rotatable bonds is 4. The third kappa shape index (κ3) is 5.25. The Balaban J connectivity index is 0.000000757. The summed E-state index contributed by atoms with van der Waals surface area (Å²) in [6.07, 6.45) is 0.908. The zero-order valence-corrected chi connectivity index (χ0v) is 18.8. The molecule has 7 nitrogen and oxygen atoms in total. The van der Waals surface area contributed by atoms with Gasteiger partial charge in [0.1, 0.15) is 12.6 Å². The smallest absolute Gasteiger partial charge is 0.347 e. The Morgan fingerprint density at radius 3 is 2.37 bits per heavy atom. The second kappa shape index (κ2) is 10.9. The topological polar surface area (TPSA) is 97.0 Å². The number of Topliss-reactive ketones (excluding diaryl/α,β-unsaturated/α-hetero) is 1. The number of hydrogen-bond donors (Lipinski definition) is 3. The summed E-state index contributed by atoms with van der Waals surface area (Å²) >= 11 is 0. The molecule has 0 amide bonds. The minimum atomic E-state index is 0. The Morgan fingerprint density at radius 1 is 1.20 bits per heavy atom. The molecule has 0 saturated heterocycles. The molecule has 0 fully saturated rings. The lowest BCUT2D eigenvalue weighted by Gasteiger charge is -2.26. The molecule has 0 saturated carbocycles. The Bertz CT molecular complexity index is 947. The lowest BCUT2D eigenvalue weighted by molar-refractivity contribution is -0.655. The first-order valence-electron chi connectivity index (χ1n) is 9.83. The Hall–Kier alpha value is -2.71. The standard InChI is InChI=1S/C20H21N5O.C2H6O.BrH/c1-14-12-17(15-8-4-2-5-9-15)25-20(22-14)24(19(21)23-25)13-18(26)16-10-6-3-7-11-16;1-2-3;/h2-11,14,17H,12-13H2,1H3,(H2,21,23);3H,2H2,1H3;1H/t14-,17-;;/m1../s1. The van der Waals surface area contributed by atoms with Crippen molar-refractivity contribution in [3.63, 3.8) is 0 Å². The zero-order chi connectivity index (χ0) is 20.8. The van der Waals surface area contributed by atoms with Crippen LogP contribution < -0.4 is 32.6 Å². The molecule has 1 aliphatic rings. The number of nitrogens with one attached hydrogen (secondary N) is 1. The lowest BCUT2D eigenvalue weighted by atomic mass is 9.99. The van der Waals surface area contributed by atoms with Gasteiger partial charge in [-0.3, -0.25) is 4.79 Å². The van der Waals surface area contributed by atoms with Gasteiger partial charge >= 0.3 is 11.9 Å². The number of benzene rings is 2. The summed E-state index contributed by atoms with van der Waals surface area (Å²) in [5.74, 6) is 1.13. The quantitative estimate of drug-likeness (QED) is 0.348. The molecule has 4 N–H and O–H groups in total. The molecule has 30 heavy (non-hydrogen) atoms. The monoisotopic (exact) mass is 473 g/mol. The van der Waals surface area contributed by atoms with Gasteiger partial charge < -0.3 is 33.1 Å². The number of carbonyl (C=O) groups excluding carboxylic acids is 1. The number of hydrogen-bond acceptors (Lipinski definition) is 5. The van der Waals surface area contributed by atoms with Crippen LogP contribution in [-0.4, -0.2) is 33.3 Å². The van der Waals surface area contributed by atoms with Gasteiger partial charge in [0.05, 0.1) is 6.04 Å². The first-order valence-corrected chi connectivity index (χ1v) is 9.83. The van der Waals surface area contributed by atoms with E-state index in [1.807, 2.05) is 53.2 Å². The van der Waals surface area contributed by atoms with Crippen LogP contribution in [0.5, 0.6) is 0 Å². The van der Waals surface area contributed by atoms with Crippen molar-refractivity contribution in [2.75, 3.05) is 17.7 Å². The summed E-state index contributed by atoms with van der Waals surface area (Å²) in [6.45, 7) is 4.22. The highest BCUT2D eigenvalue weighted by Crippen LogP contribution is 2.30. The van der Waals surface area contributed by atoms with Crippen molar-refractivity contribution in [1.29, 1.82) is 0 Å². The minimum Gasteiger partial charge on any atom is -1.00 e. The molecular formula is C22H28BrN5O2. The van der Waals surface area contributed by atoms with Crippen LogP contribution >= 0.6 is 0 Å². The highest BCUT2D eigenvalue weighted by molar-refractivity contribution is 5.95. The number of carbonyl (C=O) groups is 1. The van der Waals surface area contributed by atoms with Gasteiger partial charge in [-0.05, 0) is 24.5 Å². The minimum absolute atomic E-state index is 0. The van der Waals surface area contributed by atoms with Crippen LogP contribution in [0.15, 0.2) is 60.7 Å². The summed E-state index contributed by atoms with van der Waals surface area (Å²) < 4.78 is 3.67. The van der Waals surface area contributed by atoms with Gasteiger partial charge in [-0.15, -0.1) is 4.68 Å². The van der Waals surface area contributed by atoms with E-state index in [-0.39, 0.29) is 48.0 Å². The molecule has 0 spiro atoms. The van der Waals surface area contributed by atoms with E-state index in [2.05, 4.69) is 29.5 Å². The summed E-state index contributed by atoms with van der Waals surface area (Å²) in [5, 5.41) is 15.5. The lowest BCUT2D eigenvalue weighted by Crippen LogP contribution is -3.00. The van der Waals surface area contributed by atoms with E-state index in [0.717, 1.165) is 12.4 Å². The number of aliphatic hydroxyl groups is 1. The number of nitrogen functional groups attached to an aromatic ring is 1. The van der Waals surface area contributed by atoms with Crippen LogP contribution in [0, 0.1) is 0 Å². The van der Waals surface area contributed by atoms with Gasteiger partial charge in [0, 0.05) is 18.6 Å². The summed E-state index contributed by atoms with van der Waals surface area (Å²) in [7, 11) is 0. The molecule has 2 aromatic carbocycles. The maximum absolute atomic E-state index is 12.6. The van der Waals surface area contributed by atoms with Gasteiger partial charge in [0.25, 0.3) is 0 Å². The number of aliphatic hydroxyl groups excluding tert-OH is 1. The number of halogens is 1. The number of fused-ring (bicyclic) bond motifs is 1. The Kier molecular flexibility index (Phi) is 8.56. The largest absolute Gasteiger partial charge is 1.00 e. The van der Waals surface area contributed by atoms with E-state index >= 15 is 0 Å². The molecule has 0 unspecified atom stereocenters. The average molecular weight is 474 g/mol. The van der Waals surface area contributed by atoms with Gasteiger partial charge in [0.15, 0.2) is 5.78 Å². The van der Waals surface area contributed by atoms with Gasteiger partial charge in [-0.25, -0.2) is 4.57 Å². The Morgan fingerprint density at radius 2 is 1.77 bits per heavy atom. The number of nitrogens with zero attached hydrogens (tertiary/aromatic N) is 3. The van der Waals surface area contributed by atoms with Gasteiger partial charge in [0.2, 0.25) is 0 Å². The molecule has 0 aliphatic carbocycles. The first-order chi connectivity index (χ1) is 14.0. The summed E-state index contributed by atoms with van der Waals surface area (Å²) in [4.78, 5) is 12.6. The van der Waals surface area contributed by atoms with E-state index in [9.17, 15) is 4.79 Å². The van der Waals surface area contributed by atoms with E-state index in [1.54, 1.807) is 11.5 Å². The van der Waals surface area contributed by atoms with Gasteiger partial charge in [-0.2, -0.15) is 0 Å². The maximum atomic E-state index is 12.6. The highest BCUT2D eigenvalue weighted by atomic mass is 79.9. The van der Waals surface area contributed by atoms with Crippen molar-refractivity contribution in [1.82, 2.24) is 9.78 Å². The molecule has 0 bridgehead atoms. The third-order valence-electron chi connectivity index (χ3n) is 4.79. The maximum Gasteiger partial charge on any atom is 0.347 e. The fraction of sp³-hybridized carbons (Fsp3) is 0.318. The fourth-order valence-corrected chi connectivity index (χ4v) is 3.49. The number of nitrogens with two attached hydrogens (primary N) is 1. The molecule has 4 rings (SSSR count). The second-order valence-corrected chi connectivity index (χ2v) is 7.03. The molecule has 3 aromatic rings. The highest BCUT2D eigenvalue weighted by Gasteiger charge is 2.36. The average Bonchev–Trinajstić information content (AvgIpc) is 3.04. The van der Waals surface area contributed by atoms with Crippen LogP contribution in [0.3, 0.4) is 0 Å². The number of anilines is 2. The van der Waals surface area contributed by atoms with E-state index < -0.39 is 0 Å². The molecule has 1 aromatic heterocycles. The molecule has 8 heteroatoms. The normalized spacial score (nSPS) is 16.9. The molecule has 2 atom stereocenters. The molecule has 160 valence electrons. The predicted octanol–water partition coefficient (Wildman–Crippen LogP) is -0.568. The van der Waals surface area contributed by atoms with Crippen molar-refractivity contribution < 1.29 is 31.4 Å². The molecule has 2 heterocycles. The van der Waals surface area contributed by atoms with Crippen LogP contribution in [0.4, 0.5) is 11.9 Å². The predicted molar refractivity (Wildman–Crippen MR) is 113 cm³/mol. The first kappa shape index (κ1) is 23.6. The van der Waals surface area contributed by atoms with Crippen molar-refractivity contribution in [2.45, 2.75) is 38.9 Å². The van der Waals surface area contributed by atoms with Crippen LogP contribution in [0.25, 0.3) is 0 Å². The van der Waals surface area contributed by atoms with Crippen molar-refractivity contribution in [2.24, 2.45) is 0 Å².